The van der Waals surface area contributed by atoms with Crippen LogP contribution in [-0.4, -0.2) is 53.7 Å². The van der Waals surface area contributed by atoms with E-state index >= 15 is 0 Å². The van der Waals surface area contributed by atoms with Crippen LogP contribution >= 0.6 is 11.3 Å². The molecule has 0 atom stereocenters. The van der Waals surface area contributed by atoms with Gasteiger partial charge in [-0.25, -0.2) is 0 Å². The minimum Gasteiger partial charge on any atom is -0.339 e. The van der Waals surface area contributed by atoms with Crippen LogP contribution < -0.4 is 5.32 Å². The molecular formula is C22H25N3O3S. The van der Waals surface area contributed by atoms with Crippen molar-refractivity contribution in [3.8, 4) is 0 Å². The fourth-order valence-corrected chi connectivity index (χ4v) is 4.70. The number of benzene rings is 1. The second-order valence-electron chi connectivity index (χ2n) is 7.58. The minimum absolute atomic E-state index is 0.0187. The molecule has 2 aromatic rings. The van der Waals surface area contributed by atoms with E-state index in [0.717, 1.165) is 30.8 Å². The number of carbonyl (C=O) groups is 3. The smallest absolute Gasteiger partial charge is 0.263 e. The van der Waals surface area contributed by atoms with E-state index in [1.807, 2.05) is 39.4 Å². The molecule has 0 saturated carbocycles. The summed E-state index contributed by atoms with van der Waals surface area (Å²) in [6, 6.07) is 10.9. The van der Waals surface area contributed by atoms with Gasteiger partial charge in [0.2, 0.25) is 5.91 Å². The summed E-state index contributed by atoms with van der Waals surface area (Å²) in [6.45, 7) is 2.70. The number of nitrogens with one attached hydrogen (secondary N) is 1. The zero-order chi connectivity index (χ0) is 20.2. The van der Waals surface area contributed by atoms with Crippen molar-refractivity contribution in [2.45, 2.75) is 25.7 Å². The molecule has 4 rings (SSSR count). The third kappa shape index (κ3) is 4.34. The number of likely N-dealkylation sites (tertiary alicyclic amines) is 2. The summed E-state index contributed by atoms with van der Waals surface area (Å²) in [6.07, 6.45) is 3.32. The van der Waals surface area contributed by atoms with Gasteiger partial charge in [-0.3, -0.25) is 14.4 Å². The monoisotopic (exact) mass is 411 g/mol. The molecule has 1 aromatic heterocycles. The number of hydrogen-bond acceptors (Lipinski definition) is 4. The lowest BCUT2D eigenvalue weighted by Gasteiger charge is -2.31. The Balaban J connectivity index is 1.37. The molecule has 2 saturated heterocycles. The van der Waals surface area contributed by atoms with Crippen LogP contribution in [0, 0.1) is 5.92 Å². The molecule has 0 spiro atoms. The van der Waals surface area contributed by atoms with Crippen molar-refractivity contribution in [2.75, 3.05) is 31.5 Å². The number of piperidine rings is 1. The highest BCUT2D eigenvalue weighted by Gasteiger charge is 2.29. The molecule has 2 aliphatic heterocycles. The van der Waals surface area contributed by atoms with Crippen LogP contribution in [0.4, 0.5) is 5.69 Å². The predicted molar refractivity (Wildman–Crippen MR) is 113 cm³/mol. The lowest BCUT2D eigenvalue weighted by atomic mass is 9.95. The van der Waals surface area contributed by atoms with Gasteiger partial charge in [0.25, 0.3) is 11.8 Å². The van der Waals surface area contributed by atoms with Crippen molar-refractivity contribution in [3.05, 3.63) is 52.2 Å². The maximum absolute atomic E-state index is 12.8. The van der Waals surface area contributed by atoms with Gasteiger partial charge in [0.15, 0.2) is 0 Å². The maximum atomic E-state index is 12.8. The molecule has 152 valence electrons. The molecule has 0 radical (unpaired) electrons. The molecule has 1 N–H and O–H groups in total. The van der Waals surface area contributed by atoms with Gasteiger partial charge in [0, 0.05) is 32.1 Å². The number of hydrogen-bond donors (Lipinski definition) is 1. The van der Waals surface area contributed by atoms with Gasteiger partial charge in [-0.15, -0.1) is 11.3 Å². The second-order valence-corrected chi connectivity index (χ2v) is 8.53. The summed E-state index contributed by atoms with van der Waals surface area (Å²) in [7, 11) is 0. The quantitative estimate of drug-likeness (QED) is 0.837. The molecule has 3 amide bonds. The first-order valence-electron chi connectivity index (χ1n) is 10.2. The third-order valence-electron chi connectivity index (χ3n) is 5.69. The molecule has 1 aromatic carbocycles. The van der Waals surface area contributed by atoms with E-state index in [0.29, 0.717) is 37.2 Å². The highest BCUT2D eigenvalue weighted by Crippen LogP contribution is 2.24. The van der Waals surface area contributed by atoms with Crippen LogP contribution in [0.1, 0.15) is 45.7 Å². The SMILES string of the molecule is O=C(Nc1ccccc1C(=O)N1CCCC1)C1CCN(C(=O)c2cccs2)CC1. The summed E-state index contributed by atoms with van der Waals surface area (Å²) in [5.74, 6) is -0.206. The molecule has 6 nitrogen and oxygen atoms in total. The number of anilines is 1. The van der Waals surface area contributed by atoms with Gasteiger partial charge >= 0.3 is 0 Å². The van der Waals surface area contributed by atoms with Crippen LogP contribution in [0.3, 0.4) is 0 Å². The van der Waals surface area contributed by atoms with E-state index < -0.39 is 0 Å². The number of amides is 3. The Morgan fingerprint density at radius 3 is 2.24 bits per heavy atom. The van der Waals surface area contributed by atoms with Gasteiger partial charge in [0.05, 0.1) is 16.1 Å². The fourth-order valence-electron chi connectivity index (χ4n) is 4.00. The van der Waals surface area contributed by atoms with Crippen molar-refractivity contribution >= 4 is 34.7 Å². The van der Waals surface area contributed by atoms with Gasteiger partial charge in [-0.05, 0) is 49.3 Å². The molecule has 0 unspecified atom stereocenters. The Hall–Kier alpha value is -2.67. The molecule has 3 heterocycles. The first kappa shape index (κ1) is 19.6. The van der Waals surface area contributed by atoms with Gasteiger partial charge < -0.3 is 15.1 Å². The van der Waals surface area contributed by atoms with E-state index in [1.165, 1.54) is 11.3 Å². The van der Waals surface area contributed by atoms with Crippen LogP contribution in [0.25, 0.3) is 0 Å². The van der Waals surface area contributed by atoms with E-state index in [9.17, 15) is 14.4 Å². The molecule has 2 fully saturated rings. The van der Waals surface area contributed by atoms with Crippen LogP contribution in [0.2, 0.25) is 0 Å². The Bertz CT molecular complexity index is 882. The topological polar surface area (TPSA) is 69.7 Å². The largest absolute Gasteiger partial charge is 0.339 e. The van der Waals surface area contributed by atoms with Crippen LogP contribution in [0.5, 0.6) is 0 Å². The molecule has 7 heteroatoms. The highest BCUT2D eigenvalue weighted by atomic mass is 32.1. The molecule has 29 heavy (non-hydrogen) atoms. The highest BCUT2D eigenvalue weighted by molar-refractivity contribution is 7.12. The Labute approximate surface area is 174 Å². The van der Waals surface area contributed by atoms with Gasteiger partial charge in [-0.1, -0.05) is 18.2 Å². The van der Waals surface area contributed by atoms with E-state index in [2.05, 4.69) is 5.32 Å². The van der Waals surface area contributed by atoms with E-state index in [1.54, 1.807) is 12.1 Å². The second kappa shape index (κ2) is 8.78. The first-order chi connectivity index (χ1) is 14.1. The number of para-hydroxylation sites is 1. The first-order valence-corrected chi connectivity index (χ1v) is 11.0. The van der Waals surface area contributed by atoms with Gasteiger partial charge in [-0.2, -0.15) is 0 Å². The molecule has 2 aliphatic rings. The van der Waals surface area contributed by atoms with Crippen molar-refractivity contribution in [2.24, 2.45) is 5.92 Å². The molecule has 0 aliphatic carbocycles. The molecular weight excluding hydrogens is 386 g/mol. The summed E-state index contributed by atoms with van der Waals surface area (Å²) >= 11 is 1.44. The summed E-state index contributed by atoms with van der Waals surface area (Å²) < 4.78 is 0. The van der Waals surface area contributed by atoms with Crippen molar-refractivity contribution in [3.63, 3.8) is 0 Å². The third-order valence-corrected chi connectivity index (χ3v) is 6.55. The number of thiophene rings is 1. The Morgan fingerprint density at radius 1 is 0.862 bits per heavy atom. The number of carbonyl (C=O) groups excluding carboxylic acids is 3. The average Bonchev–Trinajstić information content (AvgIpc) is 3.47. The van der Waals surface area contributed by atoms with Crippen molar-refractivity contribution in [1.82, 2.24) is 9.80 Å². The predicted octanol–water partition coefficient (Wildman–Crippen LogP) is 3.48. The summed E-state index contributed by atoms with van der Waals surface area (Å²) in [4.78, 5) is 42.5. The number of nitrogens with zero attached hydrogens (tertiary/aromatic N) is 2. The Kier molecular flexibility index (Phi) is 5.94. The average molecular weight is 412 g/mol. The molecule has 0 bridgehead atoms. The number of rotatable bonds is 4. The van der Waals surface area contributed by atoms with Gasteiger partial charge in [0.1, 0.15) is 0 Å². The Morgan fingerprint density at radius 2 is 1.55 bits per heavy atom. The van der Waals surface area contributed by atoms with E-state index in [4.69, 9.17) is 0 Å². The van der Waals surface area contributed by atoms with Crippen LogP contribution in [0.15, 0.2) is 41.8 Å². The normalized spacial score (nSPS) is 17.4. The summed E-state index contributed by atoms with van der Waals surface area (Å²) in [5, 5.41) is 4.87. The zero-order valence-corrected chi connectivity index (χ0v) is 17.1. The van der Waals surface area contributed by atoms with E-state index in [-0.39, 0.29) is 23.6 Å². The minimum atomic E-state index is -0.155. The van der Waals surface area contributed by atoms with Crippen molar-refractivity contribution < 1.29 is 14.4 Å². The maximum Gasteiger partial charge on any atom is 0.263 e. The fraction of sp³-hybridized carbons (Fsp3) is 0.409. The van der Waals surface area contributed by atoms with Crippen LogP contribution in [-0.2, 0) is 4.79 Å². The van der Waals surface area contributed by atoms with Crippen molar-refractivity contribution in [1.29, 1.82) is 0 Å². The summed E-state index contributed by atoms with van der Waals surface area (Å²) in [5.41, 5.74) is 1.12. The zero-order valence-electron chi connectivity index (χ0n) is 16.3. The standard InChI is InChI=1S/C22H25N3O3S/c26-20(16-9-13-25(14-10-16)22(28)19-8-5-15-29-19)23-18-7-2-1-6-17(18)21(27)24-11-3-4-12-24/h1-2,5-8,15-16H,3-4,9-14H2,(H,23,26). The lowest BCUT2D eigenvalue weighted by molar-refractivity contribution is -0.121. The lowest BCUT2D eigenvalue weighted by Crippen LogP contribution is -2.41.